The largest absolute Gasteiger partial charge is 0.468 e. The van der Waals surface area contributed by atoms with Crippen molar-refractivity contribution in [1.82, 2.24) is 9.13 Å². The van der Waals surface area contributed by atoms with Crippen LogP contribution in [0.25, 0.3) is 10.2 Å². The second-order valence-corrected chi connectivity index (χ2v) is 8.21. The Hall–Kier alpha value is -1.93. The van der Waals surface area contributed by atoms with Gasteiger partial charge in [0, 0.05) is 17.3 Å². The van der Waals surface area contributed by atoms with E-state index in [0.29, 0.717) is 23.2 Å². The van der Waals surface area contributed by atoms with Crippen LogP contribution in [-0.4, -0.2) is 27.8 Å². The van der Waals surface area contributed by atoms with E-state index in [0.717, 1.165) is 15.0 Å². The van der Waals surface area contributed by atoms with Crippen molar-refractivity contribution < 1.29 is 14.3 Å². The van der Waals surface area contributed by atoms with Crippen molar-refractivity contribution in [3.63, 3.8) is 0 Å². The summed E-state index contributed by atoms with van der Waals surface area (Å²) >= 11 is 1.43. The lowest BCUT2D eigenvalue weighted by Crippen LogP contribution is -2.42. The van der Waals surface area contributed by atoms with Crippen LogP contribution in [0, 0.1) is 0 Å². The molecule has 0 aliphatic carbocycles. The van der Waals surface area contributed by atoms with Crippen LogP contribution in [0.4, 0.5) is 0 Å². The van der Waals surface area contributed by atoms with Crippen LogP contribution in [0.3, 0.4) is 0 Å². The number of ether oxygens (including phenoxy) is 2. The van der Waals surface area contributed by atoms with Crippen LogP contribution in [-0.2, 0) is 33.8 Å². The summed E-state index contributed by atoms with van der Waals surface area (Å²) in [5.74, 6) is -0.624. The standard InChI is InChI=1S/C17H22N2O5S/c1-9(2)19-15-13(10-6-17(3,4)24-8-11(10)25-15)14(21)18(16(19)22)7-12(20)23-5/h9H,6-8H2,1-5H3. The molecule has 8 heteroatoms. The maximum atomic E-state index is 13.0. The monoisotopic (exact) mass is 366 g/mol. The number of carbonyl (C=O) groups is 1. The summed E-state index contributed by atoms with van der Waals surface area (Å²) < 4.78 is 13.0. The first-order valence-electron chi connectivity index (χ1n) is 8.16. The Balaban J connectivity index is 2.38. The molecule has 1 aliphatic heterocycles. The first-order valence-corrected chi connectivity index (χ1v) is 8.98. The van der Waals surface area contributed by atoms with E-state index in [2.05, 4.69) is 4.74 Å². The summed E-state index contributed by atoms with van der Waals surface area (Å²) in [5.41, 5.74) is -0.372. The second-order valence-electron chi connectivity index (χ2n) is 7.12. The fourth-order valence-corrected chi connectivity index (χ4v) is 4.50. The molecule has 0 saturated heterocycles. The van der Waals surface area contributed by atoms with Gasteiger partial charge >= 0.3 is 11.7 Å². The molecular weight excluding hydrogens is 344 g/mol. The number of carbonyl (C=O) groups excluding carboxylic acids is 1. The summed E-state index contributed by atoms with van der Waals surface area (Å²) in [4.78, 5) is 39.2. The molecule has 0 amide bonds. The zero-order valence-electron chi connectivity index (χ0n) is 15.0. The van der Waals surface area contributed by atoms with E-state index < -0.39 is 17.2 Å². The average Bonchev–Trinajstić information content (AvgIpc) is 2.87. The van der Waals surface area contributed by atoms with Gasteiger partial charge < -0.3 is 9.47 Å². The summed E-state index contributed by atoms with van der Waals surface area (Å²) in [6, 6.07) is -0.145. The lowest BCUT2D eigenvalue weighted by Gasteiger charge is -2.29. The van der Waals surface area contributed by atoms with Crippen LogP contribution in [0.1, 0.15) is 44.2 Å². The van der Waals surface area contributed by atoms with Crippen molar-refractivity contribution in [2.45, 2.75) is 58.9 Å². The summed E-state index contributed by atoms with van der Waals surface area (Å²) in [5, 5.41) is 0.522. The molecule has 3 rings (SSSR count). The van der Waals surface area contributed by atoms with Crippen LogP contribution in [0.2, 0.25) is 0 Å². The Labute approximate surface area is 148 Å². The van der Waals surface area contributed by atoms with Crippen molar-refractivity contribution in [3.05, 3.63) is 31.3 Å². The highest BCUT2D eigenvalue weighted by molar-refractivity contribution is 7.18. The van der Waals surface area contributed by atoms with E-state index in [-0.39, 0.29) is 18.2 Å². The fourth-order valence-electron chi connectivity index (χ4n) is 3.16. The molecule has 0 atom stereocenters. The lowest BCUT2D eigenvalue weighted by atomic mass is 9.94. The highest BCUT2D eigenvalue weighted by Crippen LogP contribution is 2.37. The van der Waals surface area contributed by atoms with Crippen molar-refractivity contribution in [3.8, 4) is 0 Å². The van der Waals surface area contributed by atoms with Gasteiger partial charge in [-0.3, -0.25) is 14.2 Å². The maximum absolute atomic E-state index is 13.0. The Morgan fingerprint density at radius 3 is 2.64 bits per heavy atom. The molecule has 0 aromatic carbocycles. The van der Waals surface area contributed by atoms with Gasteiger partial charge in [0.2, 0.25) is 0 Å². The average molecular weight is 366 g/mol. The number of thiophene rings is 1. The smallest absolute Gasteiger partial charge is 0.332 e. The Bertz CT molecular complexity index is 964. The molecule has 1 aliphatic rings. The van der Waals surface area contributed by atoms with E-state index in [1.807, 2.05) is 27.7 Å². The van der Waals surface area contributed by atoms with Gasteiger partial charge in [-0.25, -0.2) is 9.36 Å². The van der Waals surface area contributed by atoms with Crippen LogP contribution in [0.15, 0.2) is 9.59 Å². The minimum absolute atomic E-state index is 0.145. The number of aromatic nitrogens is 2. The SMILES string of the molecule is COC(=O)Cn1c(=O)c2c3c(sc2n(C(C)C)c1=O)COC(C)(C)C3. The van der Waals surface area contributed by atoms with Gasteiger partial charge in [-0.05, 0) is 33.3 Å². The van der Waals surface area contributed by atoms with Crippen LogP contribution < -0.4 is 11.2 Å². The third-order valence-corrected chi connectivity index (χ3v) is 5.62. The van der Waals surface area contributed by atoms with Crippen molar-refractivity contribution >= 4 is 27.5 Å². The van der Waals surface area contributed by atoms with E-state index in [9.17, 15) is 14.4 Å². The predicted molar refractivity (Wildman–Crippen MR) is 95.3 cm³/mol. The number of methoxy groups -OCH3 is 1. The van der Waals surface area contributed by atoms with Gasteiger partial charge in [-0.15, -0.1) is 11.3 Å². The number of rotatable bonds is 3. The second kappa shape index (κ2) is 6.10. The highest BCUT2D eigenvalue weighted by Gasteiger charge is 2.32. The molecule has 2 aromatic heterocycles. The van der Waals surface area contributed by atoms with Gasteiger partial charge in [0.25, 0.3) is 5.56 Å². The molecule has 0 unspecified atom stereocenters. The summed E-state index contributed by atoms with van der Waals surface area (Å²) in [6.45, 7) is 7.75. The molecule has 2 aromatic rings. The minimum atomic E-state index is -0.624. The topological polar surface area (TPSA) is 79.5 Å². The number of esters is 1. The molecule has 0 fully saturated rings. The molecular formula is C17H22N2O5S. The molecule has 7 nitrogen and oxygen atoms in total. The van der Waals surface area contributed by atoms with Gasteiger partial charge in [-0.2, -0.15) is 0 Å². The highest BCUT2D eigenvalue weighted by atomic mass is 32.1. The summed E-state index contributed by atoms with van der Waals surface area (Å²) in [7, 11) is 1.24. The number of hydrogen-bond acceptors (Lipinski definition) is 6. The van der Waals surface area contributed by atoms with E-state index in [4.69, 9.17) is 4.74 Å². The molecule has 0 spiro atoms. The zero-order chi connectivity index (χ0) is 18.5. The number of nitrogens with zero attached hydrogens (tertiary/aromatic N) is 2. The first kappa shape index (κ1) is 17.9. The van der Waals surface area contributed by atoms with Gasteiger partial charge in [0.15, 0.2) is 0 Å². The zero-order valence-corrected chi connectivity index (χ0v) is 15.9. The first-order chi connectivity index (χ1) is 11.7. The van der Waals surface area contributed by atoms with Crippen molar-refractivity contribution in [2.24, 2.45) is 0 Å². The number of hydrogen-bond donors (Lipinski definition) is 0. The van der Waals surface area contributed by atoms with E-state index >= 15 is 0 Å². The summed E-state index contributed by atoms with van der Waals surface area (Å²) in [6.07, 6.45) is 0.589. The van der Waals surface area contributed by atoms with Gasteiger partial charge in [0.1, 0.15) is 11.4 Å². The Kier molecular flexibility index (Phi) is 4.36. The van der Waals surface area contributed by atoms with E-state index in [1.165, 1.54) is 18.4 Å². The molecule has 0 saturated carbocycles. The predicted octanol–water partition coefficient (Wildman–Crippen LogP) is 1.83. The maximum Gasteiger partial charge on any atom is 0.332 e. The Morgan fingerprint density at radius 1 is 1.36 bits per heavy atom. The third kappa shape index (κ3) is 2.93. The quantitative estimate of drug-likeness (QED) is 0.775. The van der Waals surface area contributed by atoms with Crippen LogP contribution in [0.5, 0.6) is 0 Å². The molecule has 25 heavy (non-hydrogen) atoms. The lowest BCUT2D eigenvalue weighted by molar-refractivity contribution is -0.141. The van der Waals surface area contributed by atoms with Gasteiger partial charge in [-0.1, -0.05) is 0 Å². The van der Waals surface area contributed by atoms with Crippen molar-refractivity contribution in [1.29, 1.82) is 0 Å². The molecule has 0 N–H and O–H groups in total. The minimum Gasteiger partial charge on any atom is -0.468 e. The van der Waals surface area contributed by atoms with Crippen LogP contribution >= 0.6 is 11.3 Å². The third-order valence-electron chi connectivity index (χ3n) is 4.41. The molecule has 0 radical (unpaired) electrons. The number of fused-ring (bicyclic) bond motifs is 3. The molecule has 3 heterocycles. The Morgan fingerprint density at radius 2 is 2.04 bits per heavy atom. The van der Waals surface area contributed by atoms with E-state index in [1.54, 1.807) is 4.57 Å². The normalized spacial score (nSPS) is 16.2. The molecule has 0 bridgehead atoms. The molecule has 136 valence electrons. The van der Waals surface area contributed by atoms with Crippen molar-refractivity contribution in [2.75, 3.05) is 7.11 Å². The van der Waals surface area contributed by atoms with Gasteiger partial charge in [0.05, 0.1) is 24.7 Å². The fraction of sp³-hybridized carbons (Fsp3) is 0.588.